The van der Waals surface area contributed by atoms with Gasteiger partial charge in [-0.2, -0.15) is 5.10 Å². The van der Waals surface area contributed by atoms with E-state index in [0.29, 0.717) is 13.1 Å². The minimum absolute atomic E-state index is 0.0567. The second-order valence-corrected chi connectivity index (χ2v) is 4.53. The number of carbonyl (C=O) groups is 1. The third-order valence-corrected chi connectivity index (χ3v) is 2.90. The molecule has 0 saturated carbocycles. The number of nitrogens with one attached hydrogen (secondary N) is 1. The van der Waals surface area contributed by atoms with Gasteiger partial charge in [0.15, 0.2) is 0 Å². The smallest absolute Gasteiger partial charge is 0.228 e. The molecular formula is C14H18N4O. The lowest BCUT2D eigenvalue weighted by Crippen LogP contribution is -2.26. The van der Waals surface area contributed by atoms with Gasteiger partial charge in [0.05, 0.1) is 6.54 Å². The predicted octanol–water partition coefficient (Wildman–Crippen LogP) is 1.46. The standard InChI is InChI=1S/C14H18N4O/c1-11(9-15)14(19)17-13-5-2-4-12(8-13)10-18-7-3-6-16-18/h2-8,11H,9-10,15H2,1H3,(H,17,19). The molecule has 0 aliphatic rings. The van der Waals surface area contributed by atoms with Crippen LogP contribution in [0.15, 0.2) is 42.7 Å². The fourth-order valence-corrected chi connectivity index (χ4v) is 1.70. The highest BCUT2D eigenvalue weighted by Gasteiger charge is 2.10. The Hall–Kier alpha value is -2.14. The summed E-state index contributed by atoms with van der Waals surface area (Å²) in [6.45, 7) is 2.84. The molecule has 0 fully saturated rings. The molecule has 1 aromatic carbocycles. The molecule has 100 valence electrons. The van der Waals surface area contributed by atoms with Crippen molar-refractivity contribution in [2.75, 3.05) is 11.9 Å². The van der Waals surface area contributed by atoms with Crippen molar-refractivity contribution >= 4 is 11.6 Å². The molecule has 0 aliphatic heterocycles. The molecule has 2 rings (SSSR count). The van der Waals surface area contributed by atoms with Crippen LogP contribution in [0, 0.1) is 5.92 Å². The van der Waals surface area contributed by atoms with Crippen LogP contribution in [0.4, 0.5) is 5.69 Å². The number of hydrogen-bond donors (Lipinski definition) is 2. The lowest BCUT2D eigenvalue weighted by Gasteiger charge is -2.11. The molecule has 0 aliphatic carbocycles. The molecule has 0 saturated heterocycles. The Labute approximate surface area is 112 Å². The van der Waals surface area contributed by atoms with Crippen LogP contribution in [0.1, 0.15) is 12.5 Å². The number of aromatic nitrogens is 2. The van der Waals surface area contributed by atoms with Gasteiger partial charge >= 0.3 is 0 Å². The van der Waals surface area contributed by atoms with E-state index in [1.807, 2.05) is 48.1 Å². The number of nitrogens with two attached hydrogens (primary N) is 1. The first-order valence-electron chi connectivity index (χ1n) is 6.26. The van der Waals surface area contributed by atoms with E-state index in [9.17, 15) is 4.79 Å². The Balaban J connectivity index is 2.05. The highest BCUT2D eigenvalue weighted by atomic mass is 16.1. The second-order valence-electron chi connectivity index (χ2n) is 4.53. The number of nitrogens with zero attached hydrogens (tertiary/aromatic N) is 2. The van der Waals surface area contributed by atoms with Crippen molar-refractivity contribution in [3.05, 3.63) is 48.3 Å². The van der Waals surface area contributed by atoms with E-state index in [4.69, 9.17) is 5.73 Å². The zero-order valence-electron chi connectivity index (χ0n) is 10.9. The summed E-state index contributed by atoms with van der Waals surface area (Å²) in [5.41, 5.74) is 7.35. The first kappa shape index (κ1) is 13.3. The SMILES string of the molecule is CC(CN)C(=O)Nc1cccc(Cn2cccn2)c1. The molecule has 1 aromatic heterocycles. The summed E-state index contributed by atoms with van der Waals surface area (Å²) in [6.07, 6.45) is 3.65. The minimum Gasteiger partial charge on any atom is -0.330 e. The summed E-state index contributed by atoms with van der Waals surface area (Å²) in [6, 6.07) is 9.62. The predicted molar refractivity (Wildman–Crippen MR) is 74.6 cm³/mol. The number of amides is 1. The van der Waals surface area contributed by atoms with Gasteiger partial charge in [0.25, 0.3) is 0 Å². The van der Waals surface area contributed by atoms with Crippen molar-refractivity contribution in [1.82, 2.24) is 9.78 Å². The van der Waals surface area contributed by atoms with Crippen LogP contribution in [0.3, 0.4) is 0 Å². The topological polar surface area (TPSA) is 72.9 Å². The lowest BCUT2D eigenvalue weighted by molar-refractivity contribution is -0.119. The van der Waals surface area contributed by atoms with Gasteiger partial charge in [-0.15, -0.1) is 0 Å². The van der Waals surface area contributed by atoms with E-state index in [1.54, 1.807) is 6.20 Å². The molecule has 1 amide bonds. The van der Waals surface area contributed by atoms with Crippen LogP contribution in [0.2, 0.25) is 0 Å². The number of anilines is 1. The quantitative estimate of drug-likeness (QED) is 0.853. The lowest BCUT2D eigenvalue weighted by atomic mass is 10.1. The maximum atomic E-state index is 11.8. The van der Waals surface area contributed by atoms with E-state index in [0.717, 1.165) is 11.3 Å². The van der Waals surface area contributed by atoms with E-state index in [1.165, 1.54) is 0 Å². The van der Waals surface area contributed by atoms with E-state index in [-0.39, 0.29) is 11.8 Å². The zero-order valence-corrected chi connectivity index (χ0v) is 10.9. The van der Waals surface area contributed by atoms with Crippen molar-refractivity contribution in [2.24, 2.45) is 11.7 Å². The first-order chi connectivity index (χ1) is 9.19. The highest BCUT2D eigenvalue weighted by Crippen LogP contribution is 2.12. The van der Waals surface area contributed by atoms with Gasteiger partial charge in [-0.25, -0.2) is 0 Å². The fourth-order valence-electron chi connectivity index (χ4n) is 1.70. The minimum atomic E-state index is -0.185. The molecule has 0 bridgehead atoms. The largest absolute Gasteiger partial charge is 0.330 e. The number of carbonyl (C=O) groups excluding carboxylic acids is 1. The van der Waals surface area contributed by atoms with Crippen LogP contribution in [-0.2, 0) is 11.3 Å². The molecule has 5 heteroatoms. The maximum Gasteiger partial charge on any atom is 0.228 e. The van der Waals surface area contributed by atoms with Gasteiger partial charge in [0.1, 0.15) is 0 Å². The average Bonchev–Trinajstić information content (AvgIpc) is 2.91. The second kappa shape index (κ2) is 6.15. The summed E-state index contributed by atoms with van der Waals surface area (Å²) >= 11 is 0. The van der Waals surface area contributed by atoms with Gasteiger partial charge in [-0.3, -0.25) is 9.48 Å². The Morgan fingerprint density at radius 2 is 2.32 bits per heavy atom. The van der Waals surface area contributed by atoms with E-state index >= 15 is 0 Å². The van der Waals surface area contributed by atoms with Gasteiger partial charge < -0.3 is 11.1 Å². The van der Waals surface area contributed by atoms with Crippen LogP contribution in [-0.4, -0.2) is 22.2 Å². The number of benzene rings is 1. The Morgan fingerprint density at radius 3 is 3.00 bits per heavy atom. The Kier molecular flexibility index (Phi) is 4.30. The summed E-state index contributed by atoms with van der Waals surface area (Å²) in [5, 5.41) is 7.02. The van der Waals surface area contributed by atoms with Crippen molar-refractivity contribution < 1.29 is 4.79 Å². The molecule has 1 unspecified atom stereocenters. The third kappa shape index (κ3) is 3.66. The van der Waals surface area contributed by atoms with Crippen LogP contribution >= 0.6 is 0 Å². The Morgan fingerprint density at radius 1 is 1.47 bits per heavy atom. The van der Waals surface area contributed by atoms with Crippen molar-refractivity contribution in [3.8, 4) is 0 Å². The summed E-state index contributed by atoms with van der Waals surface area (Å²) in [4.78, 5) is 11.8. The molecule has 0 radical (unpaired) electrons. The van der Waals surface area contributed by atoms with Crippen LogP contribution in [0.25, 0.3) is 0 Å². The number of rotatable bonds is 5. The van der Waals surface area contributed by atoms with Crippen molar-refractivity contribution in [3.63, 3.8) is 0 Å². The van der Waals surface area contributed by atoms with Gasteiger partial charge in [-0.05, 0) is 23.8 Å². The van der Waals surface area contributed by atoms with Crippen molar-refractivity contribution in [2.45, 2.75) is 13.5 Å². The van der Waals surface area contributed by atoms with Gasteiger partial charge in [-0.1, -0.05) is 19.1 Å². The summed E-state index contributed by atoms with van der Waals surface area (Å²) in [5.74, 6) is -0.242. The normalized spacial score (nSPS) is 12.1. The van der Waals surface area contributed by atoms with Crippen molar-refractivity contribution in [1.29, 1.82) is 0 Å². The third-order valence-electron chi connectivity index (χ3n) is 2.90. The monoisotopic (exact) mass is 258 g/mol. The van der Waals surface area contributed by atoms with Gasteiger partial charge in [0.2, 0.25) is 5.91 Å². The van der Waals surface area contributed by atoms with Crippen LogP contribution < -0.4 is 11.1 Å². The fraction of sp³-hybridized carbons (Fsp3) is 0.286. The summed E-state index contributed by atoms with van der Waals surface area (Å²) in [7, 11) is 0. The molecule has 1 heterocycles. The number of hydrogen-bond acceptors (Lipinski definition) is 3. The molecule has 2 aromatic rings. The zero-order chi connectivity index (χ0) is 13.7. The molecule has 5 nitrogen and oxygen atoms in total. The molecule has 3 N–H and O–H groups in total. The highest BCUT2D eigenvalue weighted by molar-refractivity contribution is 5.92. The maximum absolute atomic E-state index is 11.8. The molecular weight excluding hydrogens is 240 g/mol. The van der Waals surface area contributed by atoms with E-state index in [2.05, 4.69) is 10.4 Å². The van der Waals surface area contributed by atoms with Crippen LogP contribution in [0.5, 0.6) is 0 Å². The molecule has 1 atom stereocenters. The Bertz CT molecular complexity index is 536. The first-order valence-corrected chi connectivity index (χ1v) is 6.26. The van der Waals surface area contributed by atoms with Gasteiger partial charge in [0, 0.05) is 30.5 Å². The average molecular weight is 258 g/mol. The molecule has 0 spiro atoms. The molecule has 19 heavy (non-hydrogen) atoms. The van der Waals surface area contributed by atoms with E-state index < -0.39 is 0 Å². The summed E-state index contributed by atoms with van der Waals surface area (Å²) < 4.78 is 1.84.